The maximum atomic E-state index is 12.5. The quantitative estimate of drug-likeness (QED) is 0.319. The van der Waals surface area contributed by atoms with Crippen LogP contribution in [-0.4, -0.2) is 104 Å². The molecule has 1 unspecified atom stereocenters. The number of ether oxygens (including phenoxy) is 2. The molecule has 0 aliphatic carbocycles. The fourth-order valence-electron chi connectivity index (χ4n) is 6.20. The number of piperazine rings is 1. The topological polar surface area (TPSA) is 78.6 Å². The molecule has 4 heterocycles. The van der Waals surface area contributed by atoms with Gasteiger partial charge in [-0.2, -0.15) is 9.97 Å². The average Bonchev–Trinajstić information content (AvgIpc) is 3.03. The third kappa shape index (κ3) is 5.62. The van der Waals surface area contributed by atoms with Gasteiger partial charge in [-0.15, -0.1) is 0 Å². The van der Waals surface area contributed by atoms with Crippen LogP contribution in [0.1, 0.15) is 11.3 Å². The minimum absolute atomic E-state index is 0.130. The van der Waals surface area contributed by atoms with Gasteiger partial charge in [-0.25, -0.2) is 6.57 Å². The predicted octanol–water partition coefficient (Wildman–Crippen LogP) is 3.02. The molecule has 0 bridgehead atoms. The van der Waals surface area contributed by atoms with Crippen LogP contribution in [0.4, 0.5) is 11.5 Å². The number of amides is 1. The lowest BCUT2D eigenvalue weighted by Crippen LogP contribution is -2.56. The van der Waals surface area contributed by atoms with Gasteiger partial charge >= 0.3 is 6.01 Å². The summed E-state index contributed by atoms with van der Waals surface area (Å²) in [6.07, 6.45) is 2.12. The van der Waals surface area contributed by atoms with Crippen LogP contribution in [0.25, 0.3) is 15.6 Å². The van der Waals surface area contributed by atoms with Crippen molar-refractivity contribution in [2.24, 2.45) is 0 Å². The summed E-state index contributed by atoms with van der Waals surface area (Å²) in [6.45, 7) is 17.1. The molecule has 3 aromatic rings. The first-order chi connectivity index (χ1) is 20.6. The Morgan fingerprint density at radius 3 is 2.81 bits per heavy atom. The first kappa shape index (κ1) is 27.9. The van der Waals surface area contributed by atoms with Crippen LogP contribution < -0.4 is 14.5 Å². The van der Waals surface area contributed by atoms with Gasteiger partial charge < -0.3 is 29.0 Å². The second-order valence-electron chi connectivity index (χ2n) is 11.1. The number of hydrogen-bond acceptors (Lipinski definition) is 8. The Labute approximate surface area is 247 Å². The van der Waals surface area contributed by atoms with Gasteiger partial charge in [-0.05, 0) is 31.0 Å². The zero-order chi connectivity index (χ0) is 29.1. The Bertz CT molecular complexity index is 1500. The normalized spacial score (nSPS) is 21.1. The van der Waals surface area contributed by atoms with Crippen LogP contribution in [0.3, 0.4) is 0 Å². The van der Waals surface area contributed by atoms with Crippen LogP contribution >= 0.6 is 0 Å². The number of rotatable bonds is 7. The highest BCUT2D eigenvalue weighted by Crippen LogP contribution is 2.34. The van der Waals surface area contributed by atoms with E-state index in [4.69, 9.17) is 26.0 Å². The molecule has 0 N–H and O–H groups in total. The number of hydrogen-bond donors (Lipinski definition) is 0. The fourth-order valence-corrected chi connectivity index (χ4v) is 6.20. The minimum Gasteiger partial charge on any atom is -0.462 e. The van der Waals surface area contributed by atoms with E-state index in [0.717, 1.165) is 43.2 Å². The molecule has 42 heavy (non-hydrogen) atoms. The van der Waals surface area contributed by atoms with Crippen LogP contribution in [0.15, 0.2) is 55.1 Å². The molecule has 0 saturated carbocycles. The van der Waals surface area contributed by atoms with Gasteiger partial charge in [-0.1, -0.05) is 43.0 Å². The summed E-state index contributed by atoms with van der Waals surface area (Å²) in [4.78, 5) is 34.7. The van der Waals surface area contributed by atoms with E-state index in [1.807, 2.05) is 0 Å². The Balaban J connectivity index is 1.32. The van der Waals surface area contributed by atoms with Gasteiger partial charge in [0.2, 0.25) is 12.5 Å². The van der Waals surface area contributed by atoms with Crippen LogP contribution in [0.5, 0.6) is 6.01 Å². The molecule has 3 aliphatic rings. The first-order valence-electron chi connectivity index (χ1n) is 14.6. The number of carbonyl (C=O) groups is 1. The van der Waals surface area contributed by atoms with Gasteiger partial charge in [0.25, 0.3) is 0 Å². The van der Waals surface area contributed by atoms with Gasteiger partial charge in [-0.3, -0.25) is 9.69 Å². The highest BCUT2D eigenvalue weighted by Gasteiger charge is 2.35. The second-order valence-corrected chi connectivity index (χ2v) is 11.1. The first-order valence-corrected chi connectivity index (χ1v) is 14.6. The van der Waals surface area contributed by atoms with Crippen molar-refractivity contribution in [2.75, 3.05) is 75.9 Å². The summed E-state index contributed by atoms with van der Waals surface area (Å²) in [6, 6.07) is 15.1. The Morgan fingerprint density at radius 1 is 1.12 bits per heavy atom. The lowest BCUT2D eigenvalue weighted by atomic mass is 10.0. The van der Waals surface area contributed by atoms with Gasteiger partial charge in [0.1, 0.15) is 18.5 Å². The van der Waals surface area contributed by atoms with E-state index in [1.165, 1.54) is 22.5 Å². The van der Waals surface area contributed by atoms with E-state index >= 15 is 0 Å². The third-order valence-corrected chi connectivity index (χ3v) is 8.60. The van der Waals surface area contributed by atoms with Crippen molar-refractivity contribution in [3.8, 4) is 6.01 Å². The standard InChI is InChI=1S/C32H37N7O3/c1-4-30(40)39-15-14-38(19-24(39)18-33-2)31-27-12-13-37(29-11-7-9-23-8-5-6-10-26(23)29)20-28(27)34-32(35-31)42-22-25-21-41-17-16-36(25)3/h4-11,24-25H,1,12-22H2,3H3/t24?,25-/m0/s1. The zero-order valence-corrected chi connectivity index (χ0v) is 24.1. The van der Waals surface area contributed by atoms with E-state index < -0.39 is 0 Å². The lowest BCUT2D eigenvalue weighted by molar-refractivity contribution is -0.128. The summed E-state index contributed by atoms with van der Waals surface area (Å²) in [5, 5.41) is 2.43. The van der Waals surface area contributed by atoms with Crippen LogP contribution in [0, 0.1) is 6.57 Å². The van der Waals surface area contributed by atoms with Crippen LogP contribution in [-0.2, 0) is 22.5 Å². The van der Waals surface area contributed by atoms with Gasteiger partial charge in [0.15, 0.2) is 0 Å². The highest BCUT2D eigenvalue weighted by atomic mass is 16.5. The van der Waals surface area contributed by atoms with Crippen molar-refractivity contribution in [1.82, 2.24) is 19.8 Å². The molecule has 2 aromatic carbocycles. The van der Waals surface area contributed by atoms with E-state index in [0.29, 0.717) is 45.4 Å². The van der Waals surface area contributed by atoms with E-state index in [-0.39, 0.29) is 24.5 Å². The largest absolute Gasteiger partial charge is 0.462 e. The monoisotopic (exact) mass is 567 g/mol. The molecule has 1 amide bonds. The molecule has 2 atom stereocenters. The molecule has 10 nitrogen and oxygen atoms in total. The molecule has 0 radical (unpaired) electrons. The van der Waals surface area contributed by atoms with Gasteiger partial charge in [0.05, 0.1) is 31.5 Å². The number of nitrogens with zero attached hydrogens (tertiary/aromatic N) is 7. The summed E-state index contributed by atoms with van der Waals surface area (Å²) >= 11 is 0. The van der Waals surface area contributed by atoms with Crippen molar-refractivity contribution in [1.29, 1.82) is 0 Å². The summed E-state index contributed by atoms with van der Waals surface area (Å²) in [5.41, 5.74) is 3.26. The van der Waals surface area contributed by atoms with Crippen molar-refractivity contribution in [3.63, 3.8) is 0 Å². The Morgan fingerprint density at radius 2 is 1.98 bits per heavy atom. The molecule has 0 spiro atoms. The van der Waals surface area contributed by atoms with Crippen molar-refractivity contribution < 1.29 is 14.3 Å². The third-order valence-electron chi connectivity index (χ3n) is 8.60. The molecule has 2 saturated heterocycles. The SMILES string of the molecule is [C-]#[N+]CC1CN(c2nc(OC[C@@H]3COCCN3C)nc3c2CCN(c2cccc4ccccc24)C3)CCN1C(=O)C=C. The molecule has 1 aromatic heterocycles. The number of carbonyl (C=O) groups excluding carboxylic acids is 1. The molecule has 3 aliphatic heterocycles. The zero-order valence-electron chi connectivity index (χ0n) is 24.1. The lowest BCUT2D eigenvalue weighted by Gasteiger charge is -2.41. The number of fused-ring (bicyclic) bond motifs is 2. The molecular weight excluding hydrogens is 530 g/mol. The molecule has 218 valence electrons. The van der Waals surface area contributed by atoms with E-state index in [9.17, 15) is 4.79 Å². The number of likely N-dealkylation sites (N-methyl/N-ethyl adjacent to an activating group) is 1. The summed E-state index contributed by atoms with van der Waals surface area (Å²) in [5.74, 6) is 0.711. The molecule has 2 fully saturated rings. The fraction of sp³-hybridized carbons (Fsp3) is 0.438. The summed E-state index contributed by atoms with van der Waals surface area (Å²) < 4.78 is 11.9. The number of aromatic nitrogens is 2. The minimum atomic E-state index is -0.236. The molecule has 6 rings (SSSR count). The predicted molar refractivity (Wildman–Crippen MR) is 163 cm³/mol. The maximum absolute atomic E-state index is 12.5. The van der Waals surface area contributed by atoms with Crippen molar-refractivity contribution >= 4 is 28.2 Å². The van der Waals surface area contributed by atoms with E-state index in [2.05, 4.69) is 75.6 Å². The highest BCUT2D eigenvalue weighted by molar-refractivity contribution is 5.94. The Kier molecular flexibility index (Phi) is 8.22. The second kappa shape index (κ2) is 12.3. The average molecular weight is 568 g/mol. The maximum Gasteiger partial charge on any atom is 0.318 e. The Hall–Kier alpha value is -4.20. The molecule has 10 heteroatoms. The number of morpholine rings is 1. The van der Waals surface area contributed by atoms with Crippen molar-refractivity contribution in [3.05, 3.63) is 77.8 Å². The van der Waals surface area contributed by atoms with Crippen molar-refractivity contribution in [2.45, 2.75) is 25.0 Å². The summed E-state index contributed by atoms with van der Waals surface area (Å²) in [7, 11) is 2.08. The number of anilines is 2. The van der Waals surface area contributed by atoms with E-state index in [1.54, 1.807) is 4.90 Å². The smallest absolute Gasteiger partial charge is 0.318 e. The molecular formula is C32H37N7O3. The van der Waals surface area contributed by atoms with Gasteiger partial charge in [0, 0.05) is 49.4 Å². The van der Waals surface area contributed by atoms with Crippen LogP contribution in [0.2, 0.25) is 0 Å². The number of benzene rings is 2.